The van der Waals surface area contributed by atoms with Crippen LogP contribution in [0.3, 0.4) is 0 Å². The first kappa shape index (κ1) is 10.7. The minimum atomic E-state index is 0.472. The van der Waals surface area contributed by atoms with E-state index < -0.39 is 0 Å². The SMILES string of the molecule is CC1COCCN1Cc1ccoc1CN. The molecule has 1 aliphatic heterocycles. The van der Waals surface area contributed by atoms with E-state index >= 15 is 0 Å². The van der Waals surface area contributed by atoms with Crippen molar-refractivity contribution in [3.05, 3.63) is 23.7 Å². The molecule has 2 heterocycles. The van der Waals surface area contributed by atoms with Crippen LogP contribution >= 0.6 is 0 Å². The third-order valence-corrected chi connectivity index (χ3v) is 2.90. The molecule has 1 unspecified atom stereocenters. The van der Waals surface area contributed by atoms with Crippen molar-refractivity contribution in [1.82, 2.24) is 4.90 Å². The second-order valence-electron chi connectivity index (χ2n) is 3.97. The molecule has 84 valence electrons. The van der Waals surface area contributed by atoms with Crippen LogP contribution in [-0.4, -0.2) is 30.7 Å². The summed E-state index contributed by atoms with van der Waals surface area (Å²) in [6, 6.07) is 2.48. The molecule has 1 aromatic rings. The zero-order valence-electron chi connectivity index (χ0n) is 9.11. The van der Waals surface area contributed by atoms with Crippen molar-refractivity contribution in [2.24, 2.45) is 5.73 Å². The van der Waals surface area contributed by atoms with E-state index in [1.807, 2.05) is 6.07 Å². The number of nitrogens with two attached hydrogens (primary N) is 1. The Bertz CT molecular complexity index is 311. The molecular formula is C11H18N2O2. The van der Waals surface area contributed by atoms with Crippen molar-refractivity contribution in [2.45, 2.75) is 26.1 Å². The molecule has 1 aliphatic rings. The third kappa shape index (κ3) is 2.40. The predicted molar refractivity (Wildman–Crippen MR) is 57.3 cm³/mol. The lowest BCUT2D eigenvalue weighted by Gasteiger charge is -2.33. The second kappa shape index (κ2) is 4.79. The lowest BCUT2D eigenvalue weighted by atomic mass is 10.2. The number of morpholine rings is 1. The number of rotatable bonds is 3. The van der Waals surface area contributed by atoms with Crippen LogP contribution in [0.1, 0.15) is 18.2 Å². The van der Waals surface area contributed by atoms with E-state index in [9.17, 15) is 0 Å². The zero-order chi connectivity index (χ0) is 10.7. The summed E-state index contributed by atoms with van der Waals surface area (Å²) in [5, 5.41) is 0. The molecule has 0 amide bonds. The first-order valence-electron chi connectivity index (χ1n) is 5.38. The fourth-order valence-electron chi connectivity index (χ4n) is 1.90. The summed E-state index contributed by atoms with van der Waals surface area (Å²) < 4.78 is 10.7. The largest absolute Gasteiger partial charge is 0.468 e. The maximum Gasteiger partial charge on any atom is 0.121 e. The molecule has 1 fully saturated rings. The van der Waals surface area contributed by atoms with Gasteiger partial charge in [0.05, 0.1) is 26.0 Å². The molecule has 1 atom stereocenters. The van der Waals surface area contributed by atoms with Crippen molar-refractivity contribution in [1.29, 1.82) is 0 Å². The van der Waals surface area contributed by atoms with Crippen LogP contribution in [0, 0.1) is 0 Å². The summed E-state index contributed by atoms with van der Waals surface area (Å²) in [4.78, 5) is 2.40. The van der Waals surface area contributed by atoms with Gasteiger partial charge in [-0.05, 0) is 13.0 Å². The molecule has 0 radical (unpaired) electrons. The molecule has 1 saturated heterocycles. The highest BCUT2D eigenvalue weighted by Crippen LogP contribution is 2.16. The van der Waals surface area contributed by atoms with Gasteiger partial charge in [0.25, 0.3) is 0 Å². The van der Waals surface area contributed by atoms with E-state index in [0.717, 1.165) is 32.1 Å². The standard InChI is InChI=1S/C11H18N2O2/c1-9-8-14-5-3-13(9)7-10-2-4-15-11(10)6-12/h2,4,9H,3,5-8,12H2,1H3. The Kier molecular flexibility index (Phi) is 3.41. The highest BCUT2D eigenvalue weighted by atomic mass is 16.5. The van der Waals surface area contributed by atoms with Crippen molar-refractivity contribution in [2.75, 3.05) is 19.8 Å². The van der Waals surface area contributed by atoms with Gasteiger partial charge in [-0.15, -0.1) is 0 Å². The number of ether oxygens (including phenoxy) is 1. The molecular weight excluding hydrogens is 192 g/mol. The highest BCUT2D eigenvalue weighted by molar-refractivity contribution is 5.16. The second-order valence-corrected chi connectivity index (χ2v) is 3.97. The minimum Gasteiger partial charge on any atom is -0.468 e. The van der Waals surface area contributed by atoms with Crippen LogP contribution in [0.15, 0.2) is 16.7 Å². The number of hydrogen-bond donors (Lipinski definition) is 1. The molecule has 0 aromatic carbocycles. The van der Waals surface area contributed by atoms with E-state index in [0.29, 0.717) is 12.6 Å². The normalized spacial score (nSPS) is 23.2. The number of hydrogen-bond acceptors (Lipinski definition) is 4. The Morgan fingerprint density at radius 2 is 2.47 bits per heavy atom. The van der Waals surface area contributed by atoms with E-state index in [2.05, 4.69) is 11.8 Å². The van der Waals surface area contributed by atoms with Crippen molar-refractivity contribution < 1.29 is 9.15 Å². The molecule has 0 saturated carbocycles. The smallest absolute Gasteiger partial charge is 0.121 e. The highest BCUT2D eigenvalue weighted by Gasteiger charge is 2.20. The fourth-order valence-corrected chi connectivity index (χ4v) is 1.90. The third-order valence-electron chi connectivity index (χ3n) is 2.90. The van der Waals surface area contributed by atoms with E-state index in [4.69, 9.17) is 14.9 Å². The van der Waals surface area contributed by atoms with Gasteiger partial charge in [-0.1, -0.05) is 0 Å². The van der Waals surface area contributed by atoms with Crippen LogP contribution in [0.4, 0.5) is 0 Å². The summed E-state index contributed by atoms with van der Waals surface area (Å²) in [5.74, 6) is 0.897. The maximum absolute atomic E-state index is 5.60. The van der Waals surface area contributed by atoms with Gasteiger partial charge in [0.2, 0.25) is 0 Å². The van der Waals surface area contributed by atoms with Crippen LogP contribution in [0.25, 0.3) is 0 Å². The molecule has 2 rings (SSSR count). The van der Waals surface area contributed by atoms with E-state index in [1.54, 1.807) is 6.26 Å². The van der Waals surface area contributed by atoms with Crippen LogP contribution in [0.5, 0.6) is 0 Å². The van der Waals surface area contributed by atoms with Gasteiger partial charge in [0.15, 0.2) is 0 Å². The number of nitrogens with zero attached hydrogens (tertiary/aromatic N) is 1. The average Bonchev–Trinajstić information content (AvgIpc) is 2.69. The Morgan fingerprint density at radius 1 is 1.60 bits per heavy atom. The topological polar surface area (TPSA) is 51.6 Å². The molecule has 1 aromatic heterocycles. The molecule has 15 heavy (non-hydrogen) atoms. The first-order chi connectivity index (χ1) is 7.31. The summed E-state index contributed by atoms with van der Waals surface area (Å²) in [7, 11) is 0. The Hall–Kier alpha value is -0.840. The fraction of sp³-hybridized carbons (Fsp3) is 0.636. The summed E-state index contributed by atoms with van der Waals surface area (Å²) in [5.41, 5.74) is 6.80. The van der Waals surface area contributed by atoms with Crippen LogP contribution in [0.2, 0.25) is 0 Å². The van der Waals surface area contributed by atoms with Crippen molar-refractivity contribution in [3.63, 3.8) is 0 Å². The first-order valence-corrected chi connectivity index (χ1v) is 5.38. The van der Waals surface area contributed by atoms with Gasteiger partial charge >= 0.3 is 0 Å². The maximum atomic E-state index is 5.60. The quantitative estimate of drug-likeness (QED) is 0.807. The van der Waals surface area contributed by atoms with Crippen LogP contribution in [-0.2, 0) is 17.8 Å². The van der Waals surface area contributed by atoms with Gasteiger partial charge < -0.3 is 14.9 Å². The predicted octanol–water partition coefficient (Wildman–Crippen LogP) is 0.959. The van der Waals surface area contributed by atoms with Gasteiger partial charge in [0, 0.05) is 24.7 Å². The molecule has 0 bridgehead atoms. The number of furan rings is 1. The lowest BCUT2D eigenvalue weighted by molar-refractivity contribution is -0.00458. The Labute approximate surface area is 90.0 Å². The van der Waals surface area contributed by atoms with Gasteiger partial charge in [-0.25, -0.2) is 0 Å². The van der Waals surface area contributed by atoms with Crippen molar-refractivity contribution in [3.8, 4) is 0 Å². The summed E-state index contributed by atoms with van der Waals surface area (Å²) in [6.45, 7) is 6.18. The molecule has 0 spiro atoms. The van der Waals surface area contributed by atoms with Gasteiger partial charge in [-0.3, -0.25) is 4.90 Å². The van der Waals surface area contributed by atoms with Gasteiger partial charge in [0.1, 0.15) is 5.76 Å². The van der Waals surface area contributed by atoms with E-state index in [1.165, 1.54) is 5.56 Å². The molecule has 0 aliphatic carbocycles. The Balaban J connectivity index is 2.01. The molecule has 4 nitrogen and oxygen atoms in total. The average molecular weight is 210 g/mol. The monoisotopic (exact) mass is 210 g/mol. The van der Waals surface area contributed by atoms with Crippen molar-refractivity contribution >= 4 is 0 Å². The van der Waals surface area contributed by atoms with Gasteiger partial charge in [-0.2, -0.15) is 0 Å². The summed E-state index contributed by atoms with van der Waals surface area (Å²) >= 11 is 0. The molecule has 4 heteroatoms. The lowest BCUT2D eigenvalue weighted by Crippen LogP contribution is -2.43. The Morgan fingerprint density at radius 3 is 3.20 bits per heavy atom. The van der Waals surface area contributed by atoms with Crippen LogP contribution < -0.4 is 5.73 Å². The minimum absolute atomic E-state index is 0.472. The summed E-state index contributed by atoms with van der Waals surface area (Å²) in [6.07, 6.45) is 1.71. The zero-order valence-corrected chi connectivity index (χ0v) is 9.11. The van der Waals surface area contributed by atoms with E-state index in [-0.39, 0.29) is 0 Å². The molecule has 2 N–H and O–H groups in total.